The molecule has 0 aromatic rings. The largest absolute Gasteiger partial charge is 0.220 e. The summed E-state index contributed by atoms with van der Waals surface area (Å²) in [4.78, 5) is 0. The lowest BCUT2D eigenvalue weighted by Gasteiger charge is -2.01. The molecule has 16 heavy (non-hydrogen) atoms. The Bertz CT molecular complexity index is 109. The number of hydrogen-bond acceptors (Lipinski definition) is 4. The van der Waals surface area contributed by atoms with Crippen LogP contribution in [0.25, 0.3) is 0 Å². The first kappa shape index (κ1) is 16.2. The van der Waals surface area contributed by atoms with E-state index in [1.807, 2.05) is 0 Å². The smallest absolute Gasteiger partial charge is 0.0346 e. The molecule has 0 aliphatic heterocycles. The normalized spacial score (nSPS) is 10.9. The molecule has 3 nitrogen and oxygen atoms in total. The Balaban J connectivity index is 2.83. The van der Waals surface area contributed by atoms with Crippen molar-refractivity contribution in [2.24, 2.45) is 0 Å². The average Bonchev–Trinajstić information content (AvgIpc) is 2.31. The Hall–Kier alpha value is 0.230. The van der Waals surface area contributed by atoms with Crippen LogP contribution in [-0.2, 0) is 9.37 Å². The van der Waals surface area contributed by atoms with Gasteiger partial charge in [0.2, 0.25) is 0 Å². The van der Waals surface area contributed by atoms with E-state index in [0.29, 0.717) is 0 Å². The van der Waals surface area contributed by atoms with E-state index in [4.69, 9.17) is 5.26 Å². The van der Waals surface area contributed by atoms with E-state index in [1.165, 1.54) is 57.8 Å². The molecule has 0 spiro atoms. The van der Waals surface area contributed by atoms with Crippen LogP contribution in [0.4, 0.5) is 0 Å². The lowest BCUT2D eigenvalue weighted by atomic mass is 10.1. The van der Waals surface area contributed by atoms with E-state index in [2.05, 4.69) is 16.3 Å². The van der Waals surface area contributed by atoms with Crippen LogP contribution in [-0.4, -0.2) is 11.0 Å². The first-order chi connectivity index (χ1) is 7.91. The molecule has 0 unspecified atom stereocenters. The number of hydrogen-bond donors (Lipinski definition) is 1. The van der Waals surface area contributed by atoms with Gasteiger partial charge in [0.25, 0.3) is 0 Å². The molecule has 0 saturated heterocycles. The van der Waals surface area contributed by atoms with Crippen molar-refractivity contribution < 1.29 is 14.6 Å². The zero-order valence-corrected chi connectivity index (χ0v) is 11.3. The van der Waals surface area contributed by atoms with Crippen LogP contribution in [0.1, 0.15) is 71.1 Å². The highest BCUT2D eigenvalue weighted by atomic mass is 32.2. The van der Waals surface area contributed by atoms with Crippen molar-refractivity contribution in [1.29, 1.82) is 0 Å². The summed E-state index contributed by atoms with van der Waals surface area (Å²) >= 11 is 1.16. The van der Waals surface area contributed by atoms with Crippen LogP contribution in [0.3, 0.4) is 0 Å². The minimum absolute atomic E-state index is 0.886. The maximum atomic E-state index is 7.88. The van der Waals surface area contributed by atoms with E-state index in [9.17, 15) is 0 Å². The summed E-state index contributed by atoms with van der Waals surface area (Å²) in [5, 5.41) is 11.4. The summed E-state index contributed by atoms with van der Waals surface area (Å²) in [5.41, 5.74) is 0. The molecule has 0 rings (SSSR count). The Labute approximate surface area is 104 Å². The highest BCUT2D eigenvalue weighted by Crippen LogP contribution is 2.12. The Morgan fingerprint density at radius 2 is 1.31 bits per heavy atom. The van der Waals surface area contributed by atoms with Crippen LogP contribution in [0.5, 0.6) is 0 Å². The third kappa shape index (κ3) is 14.2. The van der Waals surface area contributed by atoms with Crippen LogP contribution in [0.15, 0.2) is 0 Å². The molecule has 98 valence electrons. The van der Waals surface area contributed by atoms with Gasteiger partial charge in [0.05, 0.1) is 0 Å². The standard InChI is InChI=1S/C12H26O3S/c1-2-3-4-5-6-7-8-9-10-11-12-16-15-14-13/h13H,2-12H2,1H3. The fourth-order valence-electron chi connectivity index (χ4n) is 1.70. The lowest BCUT2D eigenvalue weighted by molar-refractivity contribution is -0.432. The van der Waals surface area contributed by atoms with Crippen molar-refractivity contribution >= 4 is 12.0 Å². The number of unbranched alkanes of at least 4 members (excludes halogenated alkanes) is 9. The molecule has 0 amide bonds. The summed E-state index contributed by atoms with van der Waals surface area (Å²) in [7, 11) is 0. The second kappa shape index (κ2) is 15.2. The molecule has 0 heterocycles. The van der Waals surface area contributed by atoms with Crippen LogP contribution in [0.2, 0.25) is 0 Å². The first-order valence-electron chi connectivity index (χ1n) is 6.51. The Kier molecular flexibility index (Phi) is 15.4. The van der Waals surface area contributed by atoms with Gasteiger partial charge < -0.3 is 0 Å². The molecule has 1 N–H and O–H groups in total. The maximum Gasteiger partial charge on any atom is 0.0346 e. The first-order valence-corrected chi connectivity index (χ1v) is 7.42. The molecule has 0 aliphatic rings. The third-order valence-electron chi connectivity index (χ3n) is 2.66. The van der Waals surface area contributed by atoms with Gasteiger partial charge in [-0.25, -0.2) is 5.26 Å². The van der Waals surface area contributed by atoms with Crippen molar-refractivity contribution in [3.8, 4) is 0 Å². The number of rotatable bonds is 13. The second-order valence-corrected chi connectivity index (χ2v) is 4.93. The van der Waals surface area contributed by atoms with Crippen LogP contribution < -0.4 is 0 Å². The van der Waals surface area contributed by atoms with Gasteiger partial charge in [0.15, 0.2) is 0 Å². The maximum absolute atomic E-state index is 7.88. The predicted octanol–water partition coefficient (Wildman–Crippen LogP) is 4.98. The average molecular weight is 250 g/mol. The molecule has 0 aromatic heterocycles. The summed E-state index contributed by atoms with van der Waals surface area (Å²) in [6, 6.07) is 0. The van der Waals surface area contributed by atoms with Crippen LogP contribution >= 0.6 is 12.0 Å². The van der Waals surface area contributed by atoms with Gasteiger partial charge in [0, 0.05) is 17.8 Å². The van der Waals surface area contributed by atoms with Crippen molar-refractivity contribution in [2.75, 3.05) is 5.75 Å². The zero-order chi connectivity index (χ0) is 11.9. The van der Waals surface area contributed by atoms with Gasteiger partial charge in [-0.05, 0) is 6.42 Å². The lowest BCUT2D eigenvalue weighted by Crippen LogP contribution is -1.85. The molecular formula is C12H26O3S. The van der Waals surface area contributed by atoms with Gasteiger partial charge in [-0.2, -0.15) is 0 Å². The van der Waals surface area contributed by atoms with Gasteiger partial charge >= 0.3 is 0 Å². The monoisotopic (exact) mass is 250 g/mol. The SMILES string of the molecule is CCCCCCCCCCCCSOOO. The Morgan fingerprint density at radius 1 is 0.812 bits per heavy atom. The predicted molar refractivity (Wildman–Crippen MR) is 69.1 cm³/mol. The molecule has 4 heteroatoms. The van der Waals surface area contributed by atoms with Crippen molar-refractivity contribution in [2.45, 2.75) is 71.1 Å². The van der Waals surface area contributed by atoms with Crippen LogP contribution in [0, 0.1) is 0 Å². The zero-order valence-electron chi connectivity index (χ0n) is 10.5. The van der Waals surface area contributed by atoms with E-state index >= 15 is 0 Å². The molecule has 0 aliphatic carbocycles. The molecule has 0 fully saturated rings. The molecule has 0 aromatic carbocycles. The molecule has 0 radical (unpaired) electrons. The summed E-state index contributed by atoms with van der Waals surface area (Å²) in [6.45, 7) is 2.25. The minimum atomic E-state index is 0.886. The van der Waals surface area contributed by atoms with E-state index in [1.54, 1.807) is 0 Å². The minimum Gasteiger partial charge on any atom is -0.220 e. The topological polar surface area (TPSA) is 38.7 Å². The van der Waals surface area contributed by atoms with Crippen molar-refractivity contribution in [3.05, 3.63) is 0 Å². The highest BCUT2D eigenvalue weighted by Gasteiger charge is 1.93. The molecule has 0 saturated carbocycles. The summed E-state index contributed by atoms with van der Waals surface area (Å²) < 4.78 is 4.29. The van der Waals surface area contributed by atoms with Gasteiger partial charge in [0.1, 0.15) is 0 Å². The van der Waals surface area contributed by atoms with E-state index in [-0.39, 0.29) is 0 Å². The molecule has 0 atom stereocenters. The van der Waals surface area contributed by atoms with Gasteiger partial charge in [-0.3, -0.25) is 0 Å². The molecule has 0 bridgehead atoms. The second-order valence-electron chi connectivity index (χ2n) is 4.15. The summed E-state index contributed by atoms with van der Waals surface area (Å²) in [6.07, 6.45) is 13.4. The van der Waals surface area contributed by atoms with E-state index in [0.717, 1.165) is 24.2 Å². The fraction of sp³-hybridized carbons (Fsp3) is 1.00. The third-order valence-corrected chi connectivity index (χ3v) is 3.27. The highest BCUT2D eigenvalue weighted by molar-refractivity contribution is 7.94. The molecular weight excluding hydrogens is 224 g/mol. The van der Waals surface area contributed by atoms with Gasteiger partial charge in [-0.15, -0.1) is 4.33 Å². The van der Waals surface area contributed by atoms with E-state index < -0.39 is 0 Å². The van der Waals surface area contributed by atoms with Crippen molar-refractivity contribution in [1.82, 2.24) is 0 Å². The van der Waals surface area contributed by atoms with Crippen molar-refractivity contribution in [3.63, 3.8) is 0 Å². The Morgan fingerprint density at radius 3 is 1.81 bits per heavy atom. The van der Waals surface area contributed by atoms with Gasteiger partial charge in [-0.1, -0.05) is 69.7 Å². The fourth-order valence-corrected chi connectivity index (χ4v) is 2.14. The summed E-state index contributed by atoms with van der Waals surface area (Å²) in [5.74, 6) is 0.886. The quantitative estimate of drug-likeness (QED) is 0.217.